The molecule has 0 saturated heterocycles. The molecular weight excluding hydrogens is 115 g/mol. The van der Waals surface area contributed by atoms with Gasteiger partial charge in [-0.05, 0) is 6.16 Å². The van der Waals surface area contributed by atoms with Crippen LogP contribution in [0.5, 0.6) is 0 Å². The third-order valence-electron chi connectivity index (χ3n) is 0.358. The second-order valence-electron chi connectivity index (χ2n) is 0.932. The van der Waals surface area contributed by atoms with Crippen molar-refractivity contribution in [2.24, 2.45) is 0 Å². The van der Waals surface area contributed by atoms with Crippen LogP contribution in [0.3, 0.4) is 0 Å². The summed E-state index contributed by atoms with van der Waals surface area (Å²) in [5.41, 5.74) is 0. The summed E-state index contributed by atoms with van der Waals surface area (Å²) >= 11 is 0. The molecule has 0 aliphatic heterocycles. The molecule has 44 valence electrons. The molecule has 1 atom stereocenters. The van der Waals surface area contributed by atoms with E-state index in [-0.39, 0.29) is 11.9 Å². The third kappa shape index (κ3) is 10.7. The highest BCUT2D eigenvalue weighted by molar-refractivity contribution is 7.16. The first kappa shape index (κ1) is 9.97. The van der Waals surface area contributed by atoms with E-state index in [4.69, 9.17) is 5.11 Å². The number of carboxylic acids is 1. The number of aliphatic carboxylic acids is 1. The summed E-state index contributed by atoms with van der Waals surface area (Å²) in [6.07, 6.45) is 0.903. The molecule has 1 unspecified atom stereocenters. The van der Waals surface area contributed by atoms with Gasteiger partial charge in [-0.3, -0.25) is 4.79 Å². The summed E-state index contributed by atoms with van der Waals surface area (Å²) in [4.78, 5) is 9.59. The molecule has 0 spiro atoms. The smallest absolute Gasteiger partial charge is 0.303 e. The maximum Gasteiger partial charge on any atom is 0.303 e. The van der Waals surface area contributed by atoms with Gasteiger partial charge < -0.3 is 10.6 Å². The van der Waals surface area contributed by atoms with Crippen molar-refractivity contribution in [3.05, 3.63) is 0 Å². The Labute approximate surface area is 44.2 Å². The Morgan fingerprint density at radius 1 is 1.71 bits per heavy atom. The van der Waals surface area contributed by atoms with Crippen LogP contribution in [0, 0.1) is 0 Å². The van der Waals surface area contributed by atoms with Crippen LogP contribution in [-0.2, 0) is 4.79 Å². The van der Waals surface area contributed by atoms with Crippen LogP contribution < -0.4 is 0 Å². The second-order valence-corrected chi connectivity index (χ2v) is 1.51. The second kappa shape index (κ2) is 5.86. The van der Waals surface area contributed by atoms with Crippen LogP contribution in [0.1, 0.15) is 6.42 Å². The van der Waals surface area contributed by atoms with E-state index < -0.39 is 5.97 Å². The van der Waals surface area contributed by atoms with Gasteiger partial charge in [0.25, 0.3) is 0 Å². The van der Waals surface area contributed by atoms with Crippen LogP contribution in [0.25, 0.3) is 0 Å². The summed E-state index contributed by atoms with van der Waals surface area (Å²) in [6, 6.07) is 0. The summed E-state index contributed by atoms with van der Waals surface area (Å²) in [5.74, 6) is -0.731. The topological polar surface area (TPSA) is 68.8 Å². The van der Waals surface area contributed by atoms with Crippen molar-refractivity contribution in [3.8, 4) is 0 Å². The molecule has 4 heteroatoms. The summed E-state index contributed by atoms with van der Waals surface area (Å²) in [7, 11) is 2.34. The lowest BCUT2D eigenvalue weighted by Crippen LogP contribution is -1.92. The van der Waals surface area contributed by atoms with Crippen LogP contribution in [0.2, 0.25) is 0 Å². The lowest BCUT2D eigenvalue weighted by atomic mass is 10.5. The Balaban J connectivity index is 0. The molecule has 0 aromatic rings. The zero-order valence-electron chi connectivity index (χ0n) is 3.85. The third-order valence-corrected chi connectivity index (χ3v) is 0.647. The van der Waals surface area contributed by atoms with Gasteiger partial charge in [0, 0.05) is 6.42 Å². The maximum atomic E-state index is 9.59. The molecule has 7 heavy (non-hydrogen) atoms. The van der Waals surface area contributed by atoms with E-state index in [0.29, 0.717) is 6.16 Å². The molecule has 0 aromatic carbocycles. The van der Waals surface area contributed by atoms with E-state index >= 15 is 0 Å². The minimum atomic E-state index is -0.731. The van der Waals surface area contributed by atoms with E-state index in [1.807, 2.05) is 0 Å². The van der Waals surface area contributed by atoms with Crippen molar-refractivity contribution in [2.75, 3.05) is 6.16 Å². The van der Waals surface area contributed by atoms with Crippen molar-refractivity contribution in [1.82, 2.24) is 0 Å². The Morgan fingerprint density at radius 3 is 2.14 bits per heavy atom. The standard InChI is InChI=1S/C3H7O2P.H2O/c4-3(5)1-2-6;/h1-2,6H2,(H,4,5);1H2. The molecule has 3 N–H and O–H groups in total. The van der Waals surface area contributed by atoms with Gasteiger partial charge >= 0.3 is 5.97 Å². The van der Waals surface area contributed by atoms with Crippen LogP contribution in [0.4, 0.5) is 0 Å². The molecule has 0 aliphatic carbocycles. The lowest BCUT2D eigenvalue weighted by Gasteiger charge is -1.79. The number of rotatable bonds is 2. The van der Waals surface area contributed by atoms with Crippen LogP contribution in [-0.4, -0.2) is 22.7 Å². The predicted molar refractivity (Wildman–Crippen MR) is 30.4 cm³/mol. The summed E-state index contributed by atoms with van der Waals surface area (Å²) < 4.78 is 0. The van der Waals surface area contributed by atoms with E-state index in [0.717, 1.165) is 0 Å². The van der Waals surface area contributed by atoms with Gasteiger partial charge in [0.05, 0.1) is 0 Å². The molecular formula is C3H9O3P. The maximum absolute atomic E-state index is 9.59. The Bertz CT molecular complexity index is 54.1. The highest BCUT2D eigenvalue weighted by Gasteiger charge is 1.87. The van der Waals surface area contributed by atoms with Gasteiger partial charge in [0.2, 0.25) is 0 Å². The predicted octanol–water partition coefficient (Wildman–Crippen LogP) is -0.488. The molecule has 0 radical (unpaired) electrons. The fraction of sp³-hybridized carbons (Fsp3) is 0.667. The van der Waals surface area contributed by atoms with E-state index in [1.54, 1.807) is 0 Å². The molecule has 0 aliphatic rings. The normalized spacial score (nSPS) is 7.00. The number of carbonyl (C=O) groups is 1. The fourth-order valence-corrected chi connectivity index (χ4v) is 0.370. The number of hydrogen-bond donors (Lipinski definition) is 1. The van der Waals surface area contributed by atoms with E-state index in [1.165, 1.54) is 0 Å². The van der Waals surface area contributed by atoms with Crippen molar-refractivity contribution in [3.63, 3.8) is 0 Å². The lowest BCUT2D eigenvalue weighted by molar-refractivity contribution is -0.136. The first-order valence-electron chi connectivity index (χ1n) is 1.69. The summed E-state index contributed by atoms with van der Waals surface area (Å²) in [5, 5.41) is 7.90. The van der Waals surface area contributed by atoms with Gasteiger partial charge in [-0.25, -0.2) is 0 Å². The zero-order valence-corrected chi connectivity index (χ0v) is 5.00. The van der Waals surface area contributed by atoms with Crippen molar-refractivity contribution < 1.29 is 15.4 Å². The number of hydrogen-bond acceptors (Lipinski definition) is 1. The molecule has 0 bridgehead atoms. The van der Waals surface area contributed by atoms with Gasteiger partial charge in [-0.1, -0.05) is 0 Å². The monoisotopic (exact) mass is 124 g/mol. The largest absolute Gasteiger partial charge is 0.481 e. The SMILES string of the molecule is O.O=C(O)CCP. The van der Waals surface area contributed by atoms with E-state index in [9.17, 15) is 4.79 Å². The Morgan fingerprint density at radius 2 is 2.14 bits per heavy atom. The number of carboxylic acid groups (broad SMARTS) is 1. The van der Waals surface area contributed by atoms with E-state index in [2.05, 4.69) is 9.24 Å². The first-order chi connectivity index (χ1) is 2.77. The molecule has 0 heterocycles. The van der Waals surface area contributed by atoms with Gasteiger partial charge in [-0.2, -0.15) is 0 Å². The average Bonchev–Trinajstić information content (AvgIpc) is 1.35. The molecule has 0 rings (SSSR count). The molecule has 0 saturated carbocycles. The zero-order chi connectivity index (χ0) is 4.99. The fourth-order valence-electron chi connectivity index (χ4n) is 0.123. The quantitative estimate of drug-likeness (QED) is 0.504. The van der Waals surface area contributed by atoms with Gasteiger partial charge in [-0.15, -0.1) is 9.24 Å². The molecule has 0 amide bonds. The van der Waals surface area contributed by atoms with Gasteiger partial charge in [0.15, 0.2) is 0 Å². The van der Waals surface area contributed by atoms with Crippen molar-refractivity contribution in [1.29, 1.82) is 0 Å². The van der Waals surface area contributed by atoms with Crippen molar-refractivity contribution >= 4 is 15.2 Å². The highest BCUT2D eigenvalue weighted by Crippen LogP contribution is 1.84. The minimum absolute atomic E-state index is 0. The molecule has 0 aromatic heterocycles. The van der Waals surface area contributed by atoms with Crippen LogP contribution >= 0.6 is 9.24 Å². The minimum Gasteiger partial charge on any atom is -0.481 e. The summed E-state index contributed by atoms with van der Waals surface area (Å²) in [6.45, 7) is 0. The van der Waals surface area contributed by atoms with Crippen molar-refractivity contribution in [2.45, 2.75) is 6.42 Å². The average molecular weight is 124 g/mol. The van der Waals surface area contributed by atoms with Crippen LogP contribution in [0.15, 0.2) is 0 Å². The van der Waals surface area contributed by atoms with Gasteiger partial charge in [0.1, 0.15) is 0 Å². The Hall–Kier alpha value is -0.140. The highest BCUT2D eigenvalue weighted by atomic mass is 31.0. The first-order valence-corrected chi connectivity index (χ1v) is 2.51. The molecule has 3 nitrogen and oxygen atoms in total. The molecule has 0 fully saturated rings. The Kier molecular flexibility index (Phi) is 8.35.